The molecule has 15 heavy (non-hydrogen) atoms. The molecule has 2 aromatic heterocycles. The minimum absolute atomic E-state index is 0.390. The van der Waals surface area contributed by atoms with Crippen molar-refractivity contribution < 1.29 is 0 Å². The number of aromatic amines is 1. The lowest BCUT2D eigenvalue weighted by atomic mass is 10.1. The predicted molar refractivity (Wildman–Crippen MR) is 56.1 cm³/mol. The van der Waals surface area contributed by atoms with Crippen LogP contribution in [0.2, 0.25) is 0 Å². The summed E-state index contributed by atoms with van der Waals surface area (Å²) in [7, 11) is 0. The number of benzene rings is 1. The molecule has 0 atom stereocenters. The zero-order valence-corrected chi connectivity index (χ0v) is 7.73. The van der Waals surface area contributed by atoms with E-state index in [0.29, 0.717) is 11.2 Å². The number of imidazole rings is 1. The van der Waals surface area contributed by atoms with Gasteiger partial charge in [-0.3, -0.25) is 0 Å². The molecule has 0 unspecified atom stereocenters. The first-order chi connectivity index (χ1) is 7.40. The molecule has 1 N–H and O–H groups in total. The van der Waals surface area contributed by atoms with Gasteiger partial charge >= 0.3 is 0 Å². The van der Waals surface area contributed by atoms with Gasteiger partial charge in [-0.15, -0.1) is 0 Å². The summed E-state index contributed by atoms with van der Waals surface area (Å²) in [4.78, 5) is 11.4. The van der Waals surface area contributed by atoms with Gasteiger partial charge in [-0.25, -0.2) is 9.97 Å². The Hall–Kier alpha value is -2.41. The molecule has 0 aliphatic rings. The van der Waals surface area contributed by atoms with Crippen LogP contribution in [0.1, 0.15) is 5.69 Å². The van der Waals surface area contributed by atoms with Crippen molar-refractivity contribution >= 4 is 21.9 Å². The van der Waals surface area contributed by atoms with Crippen LogP contribution in [0.5, 0.6) is 0 Å². The van der Waals surface area contributed by atoms with Crippen LogP contribution in [0, 0.1) is 11.3 Å². The first-order valence-electron chi connectivity index (χ1n) is 4.52. The van der Waals surface area contributed by atoms with Crippen molar-refractivity contribution in [2.45, 2.75) is 0 Å². The molecule has 0 amide bonds. The van der Waals surface area contributed by atoms with Crippen LogP contribution in [0.15, 0.2) is 30.6 Å². The first-order valence-corrected chi connectivity index (χ1v) is 4.52. The van der Waals surface area contributed by atoms with Crippen molar-refractivity contribution in [3.05, 3.63) is 36.3 Å². The summed E-state index contributed by atoms with van der Waals surface area (Å²) in [6.45, 7) is 0. The van der Waals surface area contributed by atoms with E-state index < -0.39 is 0 Å². The molecule has 3 aromatic rings. The van der Waals surface area contributed by atoms with Crippen molar-refractivity contribution in [2.75, 3.05) is 0 Å². The molecule has 0 aliphatic carbocycles. The van der Waals surface area contributed by atoms with Crippen LogP contribution in [0.3, 0.4) is 0 Å². The number of rotatable bonds is 0. The third-order valence-corrected chi connectivity index (χ3v) is 2.37. The van der Waals surface area contributed by atoms with Crippen LogP contribution in [0.25, 0.3) is 21.9 Å². The van der Waals surface area contributed by atoms with Gasteiger partial charge in [0.1, 0.15) is 17.1 Å². The smallest absolute Gasteiger partial charge is 0.166 e. The molecule has 0 aliphatic heterocycles. The lowest BCUT2D eigenvalue weighted by molar-refractivity contribution is 1.31. The summed E-state index contributed by atoms with van der Waals surface area (Å²) in [5, 5.41) is 9.92. The molecule has 2 heterocycles. The zero-order chi connectivity index (χ0) is 10.3. The average Bonchev–Trinajstić information content (AvgIpc) is 2.77. The zero-order valence-electron chi connectivity index (χ0n) is 7.73. The number of hydrogen-bond acceptors (Lipinski definition) is 3. The third kappa shape index (κ3) is 1.00. The quantitative estimate of drug-likeness (QED) is 0.595. The van der Waals surface area contributed by atoms with Gasteiger partial charge < -0.3 is 4.98 Å². The molecular formula is C11H6N4. The minimum atomic E-state index is 0.390. The van der Waals surface area contributed by atoms with Crippen molar-refractivity contribution in [1.29, 1.82) is 5.26 Å². The Balaban J connectivity index is 2.64. The van der Waals surface area contributed by atoms with E-state index in [0.717, 1.165) is 16.4 Å². The van der Waals surface area contributed by atoms with E-state index in [2.05, 4.69) is 21.0 Å². The molecule has 70 valence electrons. The van der Waals surface area contributed by atoms with Crippen LogP contribution in [-0.4, -0.2) is 15.0 Å². The number of nitriles is 1. The average molecular weight is 194 g/mol. The maximum Gasteiger partial charge on any atom is 0.166 e. The summed E-state index contributed by atoms with van der Waals surface area (Å²) in [6.07, 6.45) is 1.58. The highest BCUT2D eigenvalue weighted by Crippen LogP contribution is 2.22. The van der Waals surface area contributed by atoms with Crippen molar-refractivity contribution in [3.63, 3.8) is 0 Å². The molecule has 0 bridgehead atoms. The molecule has 0 radical (unpaired) electrons. The second-order valence-electron chi connectivity index (χ2n) is 3.22. The predicted octanol–water partition coefficient (Wildman–Crippen LogP) is 1.98. The highest BCUT2D eigenvalue weighted by Gasteiger charge is 2.08. The molecule has 0 saturated carbocycles. The molecular weight excluding hydrogens is 188 g/mol. The highest BCUT2D eigenvalue weighted by atomic mass is 14.9. The fraction of sp³-hybridized carbons (Fsp3) is 0. The number of para-hydroxylation sites is 1. The van der Waals surface area contributed by atoms with Crippen LogP contribution in [-0.2, 0) is 0 Å². The van der Waals surface area contributed by atoms with Gasteiger partial charge in [0.15, 0.2) is 5.69 Å². The van der Waals surface area contributed by atoms with Gasteiger partial charge in [-0.05, 0) is 6.07 Å². The number of nitrogens with zero attached hydrogens (tertiary/aromatic N) is 3. The van der Waals surface area contributed by atoms with Crippen molar-refractivity contribution in [3.8, 4) is 6.07 Å². The number of H-pyrrole nitrogens is 1. The van der Waals surface area contributed by atoms with Crippen molar-refractivity contribution in [2.24, 2.45) is 0 Å². The number of pyridine rings is 1. The Morgan fingerprint density at radius 2 is 2.13 bits per heavy atom. The Bertz CT molecular complexity index is 690. The van der Waals surface area contributed by atoms with E-state index in [9.17, 15) is 0 Å². The second-order valence-corrected chi connectivity index (χ2v) is 3.22. The lowest BCUT2D eigenvalue weighted by Crippen LogP contribution is -1.87. The Morgan fingerprint density at radius 1 is 1.27 bits per heavy atom. The van der Waals surface area contributed by atoms with Crippen molar-refractivity contribution in [1.82, 2.24) is 15.0 Å². The second kappa shape index (κ2) is 2.79. The first kappa shape index (κ1) is 7.94. The normalized spacial score (nSPS) is 10.6. The standard InChI is InChI=1S/C11H6N4/c12-5-9-11-10(13-6-14-11)7-3-1-2-4-8(7)15-9/h1-4,6H,(H,13,14). The lowest BCUT2D eigenvalue weighted by Gasteiger charge is -1.98. The molecule has 0 saturated heterocycles. The SMILES string of the molecule is N#Cc1nc2ccccc2c2nc[nH]c12. The summed E-state index contributed by atoms with van der Waals surface area (Å²) < 4.78 is 0. The summed E-state index contributed by atoms with van der Waals surface area (Å²) in [5.74, 6) is 0. The summed E-state index contributed by atoms with van der Waals surface area (Å²) in [5.41, 5.74) is 2.70. The van der Waals surface area contributed by atoms with Gasteiger partial charge in [0.2, 0.25) is 0 Å². The molecule has 0 spiro atoms. The molecule has 1 aromatic carbocycles. The monoisotopic (exact) mass is 194 g/mol. The number of nitrogens with one attached hydrogen (secondary N) is 1. The Kier molecular flexibility index (Phi) is 1.48. The molecule has 0 fully saturated rings. The van der Waals surface area contributed by atoms with Gasteiger partial charge in [0, 0.05) is 5.39 Å². The highest BCUT2D eigenvalue weighted by molar-refractivity contribution is 6.03. The van der Waals surface area contributed by atoms with Gasteiger partial charge in [0.05, 0.1) is 11.8 Å². The largest absolute Gasteiger partial charge is 0.342 e. The van der Waals surface area contributed by atoms with Crippen LogP contribution < -0.4 is 0 Å². The number of aromatic nitrogens is 3. The third-order valence-electron chi connectivity index (χ3n) is 2.37. The summed E-state index contributed by atoms with van der Waals surface area (Å²) >= 11 is 0. The fourth-order valence-electron chi connectivity index (χ4n) is 1.71. The van der Waals surface area contributed by atoms with E-state index in [1.165, 1.54) is 0 Å². The Labute approximate surface area is 85.2 Å². The maximum atomic E-state index is 8.95. The van der Waals surface area contributed by atoms with E-state index in [4.69, 9.17) is 5.26 Å². The van der Waals surface area contributed by atoms with Crippen LogP contribution in [0.4, 0.5) is 0 Å². The topological polar surface area (TPSA) is 65.4 Å². The Morgan fingerprint density at radius 3 is 3.00 bits per heavy atom. The fourth-order valence-corrected chi connectivity index (χ4v) is 1.71. The van der Waals surface area contributed by atoms with Gasteiger partial charge in [0.25, 0.3) is 0 Å². The van der Waals surface area contributed by atoms with Crippen LogP contribution >= 0.6 is 0 Å². The van der Waals surface area contributed by atoms with E-state index in [1.807, 2.05) is 24.3 Å². The van der Waals surface area contributed by atoms with Gasteiger partial charge in [-0.2, -0.15) is 5.26 Å². The molecule has 4 nitrogen and oxygen atoms in total. The minimum Gasteiger partial charge on any atom is -0.342 e. The molecule has 4 heteroatoms. The number of fused-ring (bicyclic) bond motifs is 3. The van der Waals surface area contributed by atoms with Gasteiger partial charge in [-0.1, -0.05) is 18.2 Å². The maximum absolute atomic E-state index is 8.95. The van der Waals surface area contributed by atoms with E-state index in [1.54, 1.807) is 6.33 Å². The summed E-state index contributed by atoms with van der Waals surface area (Å²) in [6, 6.07) is 9.73. The number of hydrogen-bond donors (Lipinski definition) is 1. The van der Waals surface area contributed by atoms with E-state index in [-0.39, 0.29) is 0 Å². The van der Waals surface area contributed by atoms with E-state index >= 15 is 0 Å². The molecule has 3 rings (SSSR count).